The van der Waals surface area contributed by atoms with Crippen molar-refractivity contribution < 1.29 is 80.2 Å². The Balaban J connectivity index is 5.22. The van der Waals surface area contributed by atoms with Gasteiger partial charge in [-0.3, -0.25) is 37.3 Å². The second kappa shape index (κ2) is 74.2. The number of phosphoric acid groups is 2. The van der Waals surface area contributed by atoms with Crippen molar-refractivity contribution in [3.05, 3.63) is 0 Å². The van der Waals surface area contributed by atoms with Crippen LogP contribution < -0.4 is 0 Å². The Morgan fingerprint density at radius 3 is 0.738 bits per heavy atom. The van der Waals surface area contributed by atoms with Gasteiger partial charge >= 0.3 is 39.5 Å². The van der Waals surface area contributed by atoms with Crippen LogP contribution in [0, 0.1) is 17.8 Å². The molecule has 3 N–H and O–H groups in total. The maximum absolute atomic E-state index is 13.1. The number of phosphoric ester groups is 2. The maximum atomic E-state index is 13.1. The van der Waals surface area contributed by atoms with Crippen LogP contribution in [0.4, 0.5) is 0 Å². The van der Waals surface area contributed by atoms with E-state index >= 15 is 0 Å². The minimum Gasteiger partial charge on any atom is -0.462 e. The van der Waals surface area contributed by atoms with E-state index in [2.05, 4.69) is 48.5 Å². The third-order valence-corrected chi connectivity index (χ3v) is 21.9. The Bertz CT molecular complexity index is 1990. The molecule has 612 valence electrons. The van der Waals surface area contributed by atoms with E-state index in [1.165, 1.54) is 250 Å². The van der Waals surface area contributed by atoms with Gasteiger partial charge in [0.15, 0.2) is 12.2 Å². The van der Waals surface area contributed by atoms with Crippen molar-refractivity contribution in [2.45, 2.75) is 458 Å². The summed E-state index contributed by atoms with van der Waals surface area (Å²) in [7, 11) is -9.92. The van der Waals surface area contributed by atoms with Gasteiger partial charge in [0.25, 0.3) is 0 Å². The van der Waals surface area contributed by atoms with Crippen LogP contribution in [-0.2, 0) is 65.4 Å². The topological polar surface area (TPSA) is 237 Å². The Morgan fingerprint density at radius 2 is 0.495 bits per heavy atom. The molecule has 0 aromatic carbocycles. The van der Waals surface area contributed by atoms with Crippen LogP contribution in [0.15, 0.2) is 0 Å². The number of unbranched alkanes of at least 4 members (excludes halogenated alkanes) is 49. The van der Waals surface area contributed by atoms with Crippen molar-refractivity contribution >= 4 is 39.5 Å². The van der Waals surface area contributed by atoms with Crippen molar-refractivity contribution in [1.82, 2.24) is 0 Å². The molecule has 0 heterocycles. The van der Waals surface area contributed by atoms with Crippen molar-refractivity contribution in [3.63, 3.8) is 0 Å². The fourth-order valence-corrected chi connectivity index (χ4v) is 14.6. The molecule has 0 bridgehead atoms. The van der Waals surface area contributed by atoms with E-state index in [0.717, 1.165) is 108 Å². The summed E-state index contributed by atoms with van der Waals surface area (Å²) in [5, 5.41) is 10.7. The molecule has 0 aromatic rings. The molecular weight excluding hydrogens is 1340 g/mol. The maximum Gasteiger partial charge on any atom is 0.472 e. The summed E-state index contributed by atoms with van der Waals surface area (Å²) < 4.78 is 68.8. The number of ether oxygens (including phenoxy) is 4. The van der Waals surface area contributed by atoms with Crippen LogP contribution in [-0.4, -0.2) is 96.7 Å². The van der Waals surface area contributed by atoms with Crippen molar-refractivity contribution in [2.75, 3.05) is 39.6 Å². The molecule has 103 heavy (non-hydrogen) atoms. The summed E-state index contributed by atoms with van der Waals surface area (Å²) in [5.74, 6) is 0.339. The van der Waals surface area contributed by atoms with Crippen LogP contribution in [0.2, 0.25) is 0 Å². The number of carbonyl (C=O) groups is 4. The first-order chi connectivity index (χ1) is 49.8. The molecular formula is C84H164O17P2. The molecule has 6 atom stereocenters. The van der Waals surface area contributed by atoms with E-state index in [9.17, 15) is 43.2 Å². The van der Waals surface area contributed by atoms with Gasteiger partial charge in [0, 0.05) is 25.7 Å². The molecule has 0 spiro atoms. The highest BCUT2D eigenvalue weighted by Crippen LogP contribution is 2.45. The van der Waals surface area contributed by atoms with Crippen molar-refractivity contribution in [1.29, 1.82) is 0 Å². The lowest BCUT2D eigenvalue weighted by atomic mass is 9.99. The summed E-state index contributed by atoms with van der Waals surface area (Å²) in [5.41, 5.74) is 0. The molecule has 3 unspecified atom stereocenters. The predicted molar refractivity (Wildman–Crippen MR) is 423 cm³/mol. The Labute approximate surface area is 632 Å². The highest BCUT2D eigenvalue weighted by Gasteiger charge is 2.30. The molecule has 0 aromatic heterocycles. The van der Waals surface area contributed by atoms with Gasteiger partial charge in [0.05, 0.1) is 26.4 Å². The predicted octanol–water partition coefficient (Wildman–Crippen LogP) is 25.3. The van der Waals surface area contributed by atoms with Crippen LogP contribution >= 0.6 is 15.6 Å². The molecule has 0 aliphatic carbocycles. The van der Waals surface area contributed by atoms with Gasteiger partial charge in [-0.05, 0) is 43.4 Å². The number of rotatable bonds is 82. The monoisotopic (exact) mass is 1510 g/mol. The van der Waals surface area contributed by atoms with Crippen LogP contribution in [0.25, 0.3) is 0 Å². The molecule has 19 heteroatoms. The fourth-order valence-electron chi connectivity index (χ4n) is 13.0. The smallest absolute Gasteiger partial charge is 0.462 e. The highest BCUT2D eigenvalue weighted by atomic mass is 31.2. The van der Waals surface area contributed by atoms with E-state index in [4.69, 9.17) is 37.0 Å². The molecule has 0 amide bonds. The van der Waals surface area contributed by atoms with Crippen LogP contribution in [0.5, 0.6) is 0 Å². The Morgan fingerprint density at radius 1 is 0.282 bits per heavy atom. The van der Waals surface area contributed by atoms with Gasteiger partial charge in [0.1, 0.15) is 19.3 Å². The van der Waals surface area contributed by atoms with Crippen molar-refractivity contribution in [3.8, 4) is 0 Å². The summed E-state index contributed by atoms with van der Waals surface area (Å²) >= 11 is 0. The fraction of sp³-hybridized carbons (Fsp3) is 0.952. The molecule has 0 aliphatic rings. The molecule has 0 rings (SSSR count). The Hall–Kier alpha value is -1.94. The number of aliphatic hydroxyl groups is 1. The lowest BCUT2D eigenvalue weighted by Gasteiger charge is -2.21. The zero-order valence-corrected chi connectivity index (χ0v) is 69.6. The molecule has 0 saturated heterocycles. The summed E-state index contributed by atoms with van der Waals surface area (Å²) in [6.45, 7) is 12.0. The summed E-state index contributed by atoms with van der Waals surface area (Å²) in [6, 6.07) is 0. The molecule has 17 nitrogen and oxygen atoms in total. The second-order valence-electron chi connectivity index (χ2n) is 31.4. The highest BCUT2D eigenvalue weighted by molar-refractivity contribution is 7.47. The number of hydrogen-bond acceptors (Lipinski definition) is 15. The average molecular weight is 1510 g/mol. The van der Waals surface area contributed by atoms with Crippen molar-refractivity contribution in [2.24, 2.45) is 17.8 Å². The SMILES string of the molecule is CCCCCCCCCCCC(=O)OC[C@H](COP(=O)(O)OC[C@H](O)COP(=O)(O)OC[C@@H](COC(=O)CCCCCCCCCCCCCCCCC(C)CC)OC(=O)CCCCCCCCCCCCCCCCCCCCC(C)C)OC(=O)CCCCCCCCCCCCCCC(C)C. The number of hydrogen-bond donors (Lipinski definition) is 3. The summed E-state index contributed by atoms with van der Waals surface area (Å²) in [6.07, 6.45) is 63.8. The van der Waals surface area contributed by atoms with Gasteiger partial charge in [-0.1, -0.05) is 389 Å². The van der Waals surface area contributed by atoms with E-state index in [-0.39, 0.29) is 25.7 Å². The average Bonchev–Trinajstić information content (AvgIpc) is 0.914. The minimum absolute atomic E-state index is 0.107. The molecule has 0 saturated carbocycles. The lowest BCUT2D eigenvalue weighted by Crippen LogP contribution is -2.30. The van der Waals surface area contributed by atoms with Gasteiger partial charge in [-0.15, -0.1) is 0 Å². The number of aliphatic hydroxyl groups excluding tert-OH is 1. The first-order valence-corrected chi connectivity index (χ1v) is 46.4. The molecule has 0 radical (unpaired) electrons. The van der Waals surface area contributed by atoms with E-state index in [1.807, 2.05) is 0 Å². The quantitative estimate of drug-likeness (QED) is 0.0222. The van der Waals surface area contributed by atoms with E-state index in [1.54, 1.807) is 0 Å². The Kier molecular flexibility index (Phi) is 72.8. The first kappa shape index (κ1) is 101. The largest absolute Gasteiger partial charge is 0.472 e. The van der Waals surface area contributed by atoms with E-state index in [0.29, 0.717) is 25.7 Å². The van der Waals surface area contributed by atoms with Gasteiger partial charge in [0.2, 0.25) is 0 Å². The van der Waals surface area contributed by atoms with E-state index < -0.39 is 97.5 Å². The number of carbonyl (C=O) groups excluding carboxylic acids is 4. The summed E-state index contributed by atoms with van der Waals surface area (Å²) in [4.78, 5) is 73.1. The van der Waals surface area contributed by atoms with Gasteiger partial charge < -0.3 is 33.8 Å². The van der Waals surface area contributed by atoms with Crippen LogP contribution in [0.3, 0.4) is 0 Å². The van der Waals surface area contributed by atoms with Crippen LogP contribution in [0.1, 0.15) is 440 Å². The number of esters is 4. The van der Waals surface area contributed by atoms with Gasteiger partial charge in [-0.2, -0.15) is 0 Å². The zero-order chi connectivity index (χ0) is 75.8. The zero-order valence-electron chi connectivity index (χ0n) is 67.8. The third kappa shape index (κ3) is 76.6. The molecule has 0 aliphatic heterocycles. The first-order valence-electron chi connectivity index (χ1n) is 43.4. The second-order valence-corrected chi connectivity index (χ2v) is 34.3. The standard InChI is InChI=1S/C84H164O17P2/c1-8-10-11-12-13-34-44-51-58-65-81(86)94-71-79(100-84(89)68-61-54-47-40-33-27-26-29-36-42-49-56-63-76(5)6)73-98-102(90,91)96-69-78(85)70-97-103(92,93)99-74-80(72-95-82(87)66-59-52-45-38-31-24-21-20-23-30-37-43-50-57-64-77(7)9-2)101-83(88)67-60-53-46-39-32-25-19-17-15-14-16-18-22-28-35-41-48-55-62-75(3)4/h75-80,85H,8-74H2,1-7H3,(H,90,91)(H,92,93)/t77?,78-,79+,80+/m0/s1. The normalized spacial score (nSPS) is 14.2. The minimum atomic E-state index is -4.96. The van der Waals surface area contributed by atoms with Gasteiger partial charge in [-0.25, -0.2) is 9.13 Å². The molecule has 0 fully saturated rings. The lowest BCUT2D eigenvalue weighted by molar-refractivity contribution is -0.161. The third-order valence-electron chi connectivity index (χ3n) is 20.0.